The predicted molar refractivity (Wildman–Crippen MR) is 94.3 cm³/mol. The molecule has 0 amide bonds. The van der Waals surface area contributed by atoms with Gasteiger partial charge in [-0.1, -0.05) is 24.3 Å². The van der Waals surface area contributed by atoms with E-state index in [-0.39, 0.29) is 11.5 Å². The van der Waals surface area contributed by atoms with Crippen molar-refractivity contribution in [2.75, 3.05) is 5.43 Å². The number of fused-ring (bicyclic) bond motifs is 1. The summed E-state index contributed by atoms with van der Waals surface area (Å²) in [6.07, 6.45) is 3.31. The van der Waals surface area contributed by atoms with Gasteiger partial charge in [-0.05, 0) is 29.8 Å². The number of nitrogens with two attached hydrogens (primary N) is 1. The molecule has 8 nitrogen and oxygen atoms in total. The zero-order chi connectivity index (χ0) is 17.2. The minimum Gasteiger partial charge on any atom is -0.316 e. The lowest BCUT2D eigenvalue weighted by atomic mass is 10.2. The Bertz CT molecular complexity index is 1070. The maximum absolute atomic E-state index is 12.9. The van der Waals surface area contributed by atoms with Gasteiger partial charge >= 0.3 is 0 Å². The number of nitrogens with zero attached hydrogens (tertiary/aromatic N) is 5. The Labute approximate surface area is 142 Å². The van der Waals surface area contributed by atoms with Crippen molar-refractivity contribution >= 4 is 16.9 Å². The van der Waals surface area contributed by atoms with Crippen LogP contribution in [0.5, 0.6) is 0 Å². The van der Waals surface area contributed by atoms with Gasteiger partial charge in [-0.15, -0.1) is 10.2 Å². The Kier molecular flexibility index (Phi) is 3.71. The van der Waals surface area contributed by atoms with Gasteiger partial charge in [0.25, 0.3) is 5.56 Å². The van der Waals surface area contributed by atoms with Crippen LogP contribution >= 0.6 is 0 Å². The van der Waals surface area contributed by atoms with E-state index >= 15 is 0 Å². The largest absolute Gasteiger partial charge is 0.316 e. The van der Waals surface area contributed by atoms with E-state index in [0.29, 0.717) is 23.1 Å². The fourth-order valence-corrected chi connectivity index (χ4v) is 2.73. The second kappa shape index (κ2) is 6.17. The third-order valence-electron chi connectivity index (χ3n) is 3.93. The average Bonchev–Trinajstić information content (AvgIpc) is 3.15. The van der Waals surface area contributed by atoms with Gasteiger partial charge in [-0.3, -0.25) is 10.2 Å². The highest BCUT2D eigenvalue weighted by molar-refractivity contribution is 5.79. The molecule has 0 saturated carbocycles. The van der Waals surface area contributed by atoms with Crippen LogP contribution in [0.25, 0.3) is 16.6 Å². The number of para-hydroxylation sites is 1. The quantitative estimate of drug-likeness (QED) is 0.431. The Morgan fingerprint density at radius 3 is 2.44 bits per heavy atom. The second-order valence-corrected chi connectivity index (χ2v) is 5.54. The number of nitrogens with one attached hydrogen (secondary N) is 1. The number of hydrogen-bond acceptors (Lipinski definition) is 6. The number of rotatable bonds is 4. The highest BCUT2D eigenvalue weighted by Gasteiger charge is 2.11. The van der Waals surface area contributed by atoms with Crippen molar-refractivity contribution in [3.8, 4) is 5.69 Å². The smallest absolute Gasteiger partial charge is 0.267 e. The summed E-state index contributed by atoms with van der Waals surface area (Å²) in [4.78, 5) is 17.3. The van der Waals surface area contributed by atoms with Gasteiger partial charge in [-0.25, -0.2) is 15.4 Å². The molecule has 0 aliphatic carbocycles. The molecule has 0 bridgehead atoms. The van der Waals surface area contributed by atoms with Crippen LogP contribution in [0.3, 0.4) is 0 Å². The van der Waals surface area contributed by atoms with E-state index in [1.165, 1.54) is 4.57 Å². The molecule has 124 valence electrons. The first-order valence-corrected chi connectivity index (χ1v) is 7.66. The van der Waals surface area contributed by atoms with E-state index in [0.717, 1.165) is 5.56 Å². The van der Waals surface area contributed by atoms with E-state index in [1.54, 1.807) is 24.8 Å². The summed E-state index contributed by atoms with van der Waals surface area (Å²) >= 11 is 0. The molecular formula is C17H15N7O. The molecule has 0 atom stereocenters. The molecule has 8 heteroatoms. The van der Waals surface area contributed by atoms with E-state index < -0.39 is 0 Å². The summed E-state index contributed by atoms with van der Waals surface area (Å²) in [6.45, 7) is 0.653. The van der Waals surface area contributed by atoms with Crippen molar-refractivity contribution in [1.82, 2.24) is 24.3 Å². The van der Waals surface area contributed by atoms with Crippen molar-refractivity contribution in [1.29, 1.82) is 0 Å². The lowest BCUT2D eigenvalue weighted by molar-refractivity contribution is 0.793. The number of benzene rings is 2. The zero-order valence-electron chi connectivity index (χ0n) is 13.2. The van der Waals surface area contributed by atoms with Gasteiger partial charge < -0.3 is 4.57 Å². The van der Waals surface area contributed by atoms with Gasteiger partial charge in [0.05, 0.1) is 16.6 Å². The Balaban J connectivity index is 1.78. The lowest BCUT2D eigenvalue weighted by Gasteiger charge is -2.13. The molecule has 0 spiro atoms. The molecule has 3 N–H and O–H groups in total. The minimum absolute atomic E-state index is 0.176. The predicted octanol–water partition coefficient (Wildman–Crippen LogP) is 1.31. The van der Waals surface area contributed by atoms with Crippen LogP contribution in [0, 0.1) is 0 Å². The Hall–Kier alpha value is -3.52. The monoisotopic (exact) mass is 333 g/mol. The highest BCUT2D eigenvalue weighted by Crippen LogP contribution is 2.16. The summed E-state index contributed by atoms with van der Waals surface area (Å²) in [5, 5.41) is 8.10. The Morgan fingerprint density at radius 2 is 1.72 bits per heavy atom. The summed E-state index contributed by atoms with van der Waals surface area (Å²) in [6, 6.07) is 14.8. The van der Waals surface area contributed by atoms with Crippen LogP contribution in [0.15, 0.2) is 66.0 Å². The number of nitrogen functional groups attached to an aromatic ring is 1. The normalized spacial score (nSPS) is 10.9. The van der Waals surface area contributed by atoms with Crippen LogP contribution in [0.1, 0.15) is 5.56 Å². The fraction of sp³-hybridized carbons (Fsp3) is 0.0588. The molecule has 4 rings (SSSR count). The third-order valence-corrected chi connectivity index (χ3v) is 3.93. The average molecular weight is 333 g/mol. The van der Waals surface area contributed by atoms with Crippen molar-refractivity contribution < 1.29 is 0 Å². The van der Waals surface area contributed by atoms with Crippen molar-refractivity contribution in [2.24, 2.45) is 5.84 Å². The molecule has 4 aromatic rings. The number of hydrogen-bond donors (Lipinski definition) is 2. The summed E-state index contributed by atoms with van der Waals surface area (Å²) in [5.41, 5.74) is 4.68. The number of anilines is 1. The first-order valence-electron chi connectivity index (χ1n) is 7.66. The van der Waals surface area contributed by atoms with Crippen molar-refractivity contribution in [3.63, 3.8) is 0 Å². The summed E-state index contributed by atoms with van der Waals surface area (Å²) in [7, 11) is 0. The standard InChI is InChI=1S/C17H15N7O/c18-22-17-21-15-4-2-1-3-14(15)16(25)24(17)13-7-5-12(6-8-13)9-23-10-19-20-11-23/h1-8,10-11H,9,18H2,(H,21,22). The maximum Gasteiger partial charge on any atom is 0.267 e. The van der Waals surface area contributed by atoms with E-state index in [2.05, 4.69) is 20.6 Å². The van der Waals surface area contributed by atoms with Crippen LogP contribution in [0.2, 0.25) is 0 Å². The van der Waals surface area contributed by atoms with Crippen LogP contribution in [-0.4, -0.2) is 24.3 Å². The minimum atomic E-state index is -0.176. The molecule has 0 aliphatic rings. The number of aromatic nitrogens is 5. The summed E-state index contributed by atoms with van der Waals surface area (Å²) in [5.74, 6) is 5.87. The van der Waals surface area contributed by atoms with Crippen LogP contribution in [-0.2, 0) is 6.54 Å². The van der Waals surface area contributed by atoms with Gasteiger partial charge in [0.2, 0.25) is 5.95 Å². The molecule has 0 saturated heterocycles. The maximum atomic E-state index is 12.9. The summed E-state index contributed by atoms with van der Waals surface area (Å²) < 4.78 is 3.33. The number of hydrazine groups is 1. The van der Waals surface area contributed by atoms with Crippen LogP contribution in [0.4, 0.5) is 5.95 Å². The second-order valence-electron chi connectivity index (χ2n) is 5.54. The molecule has 2 aromatic carbocycles. The Morgan fingerprint density at radius 1 is 1.00 bits per heavy atom. The molecule has 0 fully saturated rings. The van der Waals surface area contributed by atoms with Crippen LogP contribution < -0.4 is 16.8 Å². The molecule has 2 heterocycles. The van der Waals surface area contributed by atoms with Gasteiger partial charge in [0, 0.05) is 6.54 Å². The molecular weight excluding hydrogens is 318 g/mol. The molecule has 0 radical (unpaired) electrons. The zero-order valence-corrected chi connectivity index (χ0v) is 13.2. The molecule has 2 aromatic heterocycles. The third kappa shape index (κ3) is 2.74. The van der Waals surface area contributed by atoms with E-state index in [9.17, 15) is 4.79 Å². The lowest BCUT2D eigenvalue weighted by Crippen LogP contribution is -2.26. The molecule has 0 aliphatic heterocycles. The van der Waals surface area contributed by atoms with E-state index in [4.69, 9.17) is 5.84 Å². The first-order chi connectivity index (χ1) is 12.3. The topological polar surface area (TPSA) is 104 Å². The first kappa shape index (κ1) is 15.0. The van der Waals surface area contributed by atoms with E-state index in [1.807, 2.05) is 41.0 Å². The SMILES string of the molecule is NNc1nc2ccccc2c(=O)n1-c1ccc(Cn2cnnc2)cc1. The van der Waals surface area contributed by atoms with Gasteiger partial charge in [-0.2, -0.15) is 0 Å². The van der Waals surface area contributed by atoms with Crippen molar-refractivity contribution in [2.45, 2.75) is 6.54 Å². The molecule has 0 unspecified atom stereocenters. The highest BCUT2D eigenvalue weighted by atomic mass is 16.1. The van der Waals surface area contributed by atoms with Crippen molar-refractivity contribution in [3.05, 3.63) is 77.1 Å². The van der Waals surface area contributed by atoms with Gasteiger partial charge in [0.15, 0.2) is 0 Å². The fourth-order valence-electron chi connectivity index (χ4n) is 2.73. The van der Waals surface area contributed by atoms with Gasteiger partial charge in [0.1, 0.15) is 12.7 Å². The molecule has 25 heavy (non-hydrogen) atoms.